The number of nitrogens with zero attached hydrogens (tertiary/aromatic N) is 1. The van der Waals surface area contributed by atoms with Crippen molar-refractivity contribution in [1.82, 2.24) is 10.3 Å². The van der Waals surface area contributed by atoms with Gasteiger partial charge in [0.05, 0.1) is 15.6 Å². The molecule has 0 saturated carbocycles. The molecule has 1 aliphatic rings. The van der Waals surface area contributed by atoms with E-state index in [4.69, 9.17) is 4.74 Å². The number of hydrogen-bond acceptors (Lipinski definition) is 5. The van der Waals surface area contributed by atoms with Crippen LogP contribution in [0.25, 0.3) is 10.6 Å². The molecule has 2 aromatic rings. The molecule has 1 N–H and O–H groups in total. The molecule has 2 aromatic heterocycles. The van der Waals surface area contributed by atoms with Crippen molar-refractivity contribution in [3.05, 3.63) is 27.4 Å². The molecule has 21 heavy (non-hydrogen) atoms. The Labute approximate surface area is 132 Å². The number of ether oxygens (including phenoxy) is 1. The van der Waals surface area contributed by atoms with E-state index < -0.39 is 0 Å². The molecule has 1 aliphatic heterocycles. The lowest BCUT2D eigenvalue weighted by Crippen LogP contribution is -2.35. The highest BCUT2D eigenvalue weighted by Crippen LogP contribution is 2.29. The molecule has 1 atom stereocenters. The average Bonchev–Trinajstić information content (AvgIpc) is 3.19. The molecule has 1 saturated heterocycles. The smallest absolute Gasteiger partial charge is 0.249 e. The van der Waals surface area contributed by atoms with Gasteiger partial charge in [0.15, 0.2) is 0 Å². The molecular formula is C15H18N2O2S2. The van der Waals surface area contributed by atoms with Gasteiger partial charge in [-0.1, -0.05) is 0 Å². The van der Waals surface area contributed by atoms with E-state index >= 15 is 0 Å². The van der Waals surface area contributed by atoms with Gasteiger partial charge in [-0.15, -0.1) is 22.7 Å². The Balaban J connectivity index is 1.49. The Morgan fingerprint density at radius 1 is 1.52 bits per heavy atom. The third-order valence-corrected chi connectivity index (χ3v) is 5.37. The maximum absolute atomic E-state index is 11.8. The average molecular weight is 322 g/mol. The summed E-state index contributed by atoms with van der Waals surface area (Å²) < 4.78 is 5.37. The Morgan fingerprint density at radius 2 is 2.43 bits per heavy atom. The third-order valence-electron chi connectivity index (χ3n) is 3.43. The molecule has 0 aromatic carbocycles. The summed E-state index contributed by atoms with van der Waals surface area (Å²) in [6.07, 6.45) is 2.45. The van der Waals surface area contributed by atoms with Crippen LogP contribution >= 0.6 is 22.7 Å². The summed E-state index contributed by atoms with van der Waals surface area (Å²) >= 11 is 3.41. The van der Waals surface area contributed by atoms with Crippen LogP contribution < -0.4 is 5.32 Å². The summed E-state index contributed by atoms with van der Waals surface area (Å²) in [5, 5.41) is 6.13. The summed E-state index contributed by atoms with van der Waals surface area (Å²) in [5.74, 6) is 0.0272. The molecule has 0 bridgehead atoms. The molecule has 3 heterocycles. The number of nitrogens with one attached hydrogen (secondary N) is 1. The van der Waals surface area contributed by atoms with Crippen LogP contribution in [-0.4, -0.2) is 30.1 Å². The van der Waals surface area contributed by atoms with Crippen molar-refractivity contribution in [2.75, 3.05) is 13.2 Å². The van der Waals surface area contributed by atoms with E-state index in [0.29, 0.717) is 13.2 Å². The number of thiophene rings is 1. The van der Waals surface area contributed by atoms with Gasteiger partial charge in [0.1, 0.15) is 6.10 Å². The Bertz CT molecular complexity index is 615. The zero-order valence-corrected chi connectivity index (χ0v) is 13.6. The Morgan fingerprint density at radius 3 is 3.14 bits per heavy atom. The molecular weight excluding hydrogens is 304 g/mol. The summed E-state index contributed by atoms with van der Waals surface area (Å²) in [4.78, 5) is 18.8. The topological polar surface area (TPSA) is 51.2 Å². The zero-order valence-electron chi connectivity index (χ0n) is 11.9. The Hall–Kier alpha value is -1.24. The molecule has 4 nitrogen and oxygen atoms in total. The van der Waals surface area contributed by atoms with E-state index in [1.54, 1.807) is 22.7 Å². The molecule has 1 fully saturated rings. The van der Waals surface area contributed by atoms with Crippen LogP contribution in [0.1, 0.15) is 22.7 Å². The summed E-state index contributed by atoms with van der Waals surface area (Å²) in [5.41, 5.74) is 1.05. The summed E-state index contributed by atoms with van der Waals surface area (Å²) in [6, 6.07) is 4.23. The van der Waals surface area contributed by atoms with E-state index in [1.165, 1.54) is 9.75 Å². The minimum Gasteiger partial charge on any atom is -0.368 e. The minimum atomic E-state index is -0.234. The first-order valence-corrected chi connectivity index (χ1v) is 8.82. The number of amides is 1. The molecule has 112 valence electrons. The van der Waals surface area contributed by atoms with Crippen LogP contribution in [0.4, 0.5) is 0 Å². The lowest BCUT2D eigenvalue weighted by molar-refractivity contribution is -0.129. The fourth-order valence-corrected chi connectivity index (χ4v) is 3.99. The Kier molecular flexibility index (Phi) is 4.67. The molecule has 1 amide bonds. The second kappa shape index (κ2) is 6.68. The highest BCUT2D eigenvalue weighted by Gasteiger charge is 2.22. The predicted octanol–water partition coefficient (Wildman–Crippen LogP) is 3.02. The van der Waals surface area contributed by atoms with Crippen LogP contribution in [0, 0.1) is 6.92 Å². The van der Waals surface area contributed by atoms with Crippen molar-refractivity contribution in [3.8, 4) is 10.6 Å². The first kappa shape index (κ1) is 14.7. The number of aryl methyl sites for hydroxylation is 1. The normalized spacial score (nSPS) is 18.0. The maximum atomic E-state index is 11.8. The first-order chi connectivity index (χ1) is 10.2. The fourth-order valence-electron chi connectivity index (χ4n) is 2.33. The summed E-state index contributed by atoms with van der Waals surface area (Å²) in [6.45, 7) is 3.39. The molecule has 1 unspecified atom stereocenters. The SMILES string of the molecule is Cc1nc(-c2ccc(CCNC(=O)C3CCCO3)s2)cs1. The molecule has 0 spiro atoms. The van der Waals surface area contributed by atoms with Crippen LogP contribution in [0.15, 0.2) is 17.5 Å². The van der Waals surface area contributed by atoms with Gasteiger partial charge in [0.2, 0.25) is 5.91 Å². The summed E-state index contributed by atoms with van der Waals surface area (Å²) in [7, 11) is 0. The van der Waals surface area contributed by atoms with E-state index in [2.05, 4.69) is 27.8 Å². The van der Waals surface area contributed by atoms with Crippen LogP contribution in [0.5, 0.6) is 0 Å². The van der Waals surface area contributed by atoms with Crippen molar-refractivity contribution in [2.24, 2.45) is 0 Å². The van der Waals surface area contributed by atoms with Crippen LogP contribution in [0.2, 0.25) is 0 Å². The number of hydrogen-bond donors (Lipinski definition) is 1. The van der Waals surface area contributed by atoms with E-state index in [9.17, 15) is 4.79 Å². The second-order valence-electron chi connectivity index (χ2n) is 5.06. The van der Waals surface area contributed by atoms with Gasteiger partial charge in [-0.25, -0.2) is 4.98 Å². The van der Waals surface area contributed by atoms with Gasteiger partial charge in [-0.2, -0.15) is 0 Å². The lowest BCUT2D eigenvalue weighted by atomic mass is 10.2. The van der Waals surface area contributed by atoms with Gasteiger partial charge >= 0.3 is 0 Å². The first-order valence-electron chi connectivity index (χ1n) is 7.13. The predicted molar refractivity (Wildman–Crippen MR) is 85.9 cm³/mol. The number of carbonyl (C=O) groups excluding carboxylic acids is 1. The van der Waals surface area contributed by atoms with Crippen LogP contribution in [0.3, 0.4) is 0 Å². The van der Waals surface area contributed by atoms with Crippen molar-refractivity contribution in [1.29, 1.82) is 0 Å². The van der Waals surface area contributed by atoms with Crippen LogP contribution in [-0.2, 0) is 16.0 Å². The number of thiazole rings is 1. The van der Waals surface area contributed by atoms with Gasteiger partial charge in [0, 0.05) is 23.4 Å². The van der Waals surface area contributed by atoms with Gasteiger partial charge in [0.25, 0.3) is 0 Å². The number of rotatable bonds is 5. The molecule has 6 heteroatoms. The van der Waals surface area contributed by atoms with E-state index in [-0.39, 0.29) is 12.0 Å². The highest BCUT2D eigenvalue weighted by atomic mass is 32.1. The third kappa shape index (κ3) is 3.70. The maximum Gasteiger partial charge on any atom is 0.249 e. The van der Waals surface area contributed by atoms with Crippen molar-refractivity contribution >= 4 is 28.6 Å². The fraction of sp³-hybridized carbons (Fsp3) is 0.467. The van der Waals surface area contributed by atoms with Gasteiger partial charge in [-0.05, 0) is 38.3 Å². The highest BCUT2D eigenvalue weighted by molar-refractivity contribution is 7.16. The number of aromatic nitrogens is 1. The van der Waals surface area contributed by atoms with Gasteiger partial charge in [-0.3, -0.25) is 4.79 Å². The quantitative estimate of drug-likeness (QED) is 0.920. The van der Waals surface area contributed by atoms with Gasteiger partial charge < -0.3 is 10.1 Å². The molecule has 0 aliphatic carbocycles. The minimum absolute atomic E-state index is 0.0272. The van der Waals surface area contributed by atoms with Crippen molar-refractivity contribution in [3.63, 3.8) is 0 Å². The zero-order chi connectivity index (χ0) is 14.7. The standard InChI is InChI=1S/C15H18N2O2S2/c1-10-17-12(9-20-10)14-5-4-11(21-14)6-7-16-15(18)13-3-2-8-19-13/h4-5,9,13H,2-3,6-8H2,1H3,(H,16,18). The lowest BCUT2D eigenvalue weighted by Gasteiger charge is -2.09. The largest absolute Gasteiger partial charge is 0.368 e. The van der Waals surface area contributed by atoms with E-state index in [1.807, 2.05) is 6.92 Å². The molecule has 3 rings (SSSR count). The number of carbonyl (C=O) groups is 1. The van der Waals surface area contributed by atoms with Crippen molar-refractivity contribution in [2.45, 2.75) is 32.3 Å². The van der Waals surface area contributed by atoms with E-state index in [0.717, 1.165) is 30.0 Å². The molecule has 0 radical (unpaired) electrons. The second-order valence-corrected chi connectivity index (χ2v) is 7.29. The van der Waals surface area contributed by atoms with Crippen molar-refractivity contribution < 1.29 is 9.53 Å². The monoisotopic (exact) mass is 322 g/mol.